The maximum Gasteiger partial charge on any atom is 0.268 e. The first kappa shape index (κ1) is 24.1. The lowest BCUT2D eigenvalue weighted by atomic mass is 10.1. The maximum absolute atomic E-state index is 13.5. The number of pyridine rings is 1. The van der Waals surface area contributed by atoms with Crippen molar-refractivity contribution in [2.24, 2.45) is 4.99 Å². The third-order valence-electron chi connectivity index (χ3n) is 6.27. The van der Waals surface area contributed by atoms with Crippen LogP contribution in [0.2, 0.25) is 0 Å². The molecule has 0 N–H and O–H groups in total. The lowest BCUT2D eigenvalue weighted by molar-refractivity contribution is 0.294. The number of aromatic nitrogens is 2. The van der Waals surface area contributed by atoms with Gasteiger partial charge in [-0.05, 0) is 63.7 Å². The second kappa shape index (κ2) is 10.5. The molecule has 0 amide bonds. The van der Waals surface area contributed by atoms with Crippen molar-refractivity contribution in [3.05, 3.63) is 72.6 Å². The van der Waals surface area contributed by atoms with E-state index in [4.69, 9.17) is 9.98 Å². The van der Waals surface area contributed by atoms with Gasteiger partial charge >= 0.3 is 0 Å². The molecule has 0 radical (unpaired) electrons. The first-order chi connectivity index (χ1) is 16.5. The van der Waals surface area contributed by atoms with Gasteiger partial charge < -0.3 is 4.90 Å². The molecule has 0 fully saturated rings. The Balaban J connectivity index is 1.73. The van der Waals surface area contributed by atoms with Gasteiger partial charge in [-0.1, -0.05) is 50.2 Å². The summed E-state index contributed by atoms with van der Waals surface area (Å²) in [7, 11) is -3.77. The van der Waals surface area contributed by atoms with E-state index in [9.17, 15) is 8.42 Å². The Morgan fingerprint density at radius 2 is 1.71 bits per heavy atom. The van der Waals surface area contributed by atoms with E-state index in [2.05, 4.69) is 25.7 Å². The summed E-state index contributed by atoms with van der Waals surface area (Å²) in [6.07, 6.45) is 5.40. The fraction of sp³-hybridized carbons (Fsp3) is 0.333. The summed E-state index contributed by atoms with van der Waals surface area (Å²) >= 11 is 0. The van der Waals surface area contributed by atoms with Gasteiger partial charge in [0.25, 0.3) is 10.0 Å². The Bertz CT molecular complexity index is 1390. The normalized spacial score (nSPS) is 13.4. The molecule has 2 aromatic heterocycles. The molecular weight excluding hydrogens is 444 g/mol. The third-order valence-corrected chi connectivity index (χ3v) is 7.96. The minimum atomic E-state index is -3.77. The number of rotatable bonds is 10. The van der Waals surface area contributed by atoms with Crippen LogP contribution in [0.15, 0.2) is 76.7 Å². The topological polar surface area (TPSA) is 67.6 Å². The van der Waals surface area contributed by atoms with Gasteiger partial charge in [0.2, 0.25) is 0 Å². The summed E-state index contributed by atoms with van der Waals surface area (Å²) in [5.41, 5.74) is 1.94. The number of benzene rings is 2. The lowest BCUT2D eigenvalue weighted by Gasteiger charge is -2.18. The second-order valence-corrected chi connectivity index (χ2v) is 10.3. The van der Waals surface area contributed by atoms with Gasteiger partial charge in [0.15, 0.2) is 0 Å². The summed E-state index contributed by atoms with van der Waals surface area (Å²) in [5.74, 6) is 0. The predicted molar refractivity (Wildman–Crippen MR) is 140 cm³/mol. The van der Waals surface area contributed by atoms with Crippen LogP contribution in [0.5, 0.6) is 0 Å². The van der Waals surface area contributed by atoms with Crippen LogP contribution in [0.1, 0.15) is 39.3 Å². The average Bonchev–Trinajstić information content (AvgIpc) is 3.32. The molecule has 0 bridgehead atoms. The highest BCUT2D eigenvalue weighted by Gasteiger charge is 2.22. The van der Waals surface area contributed by atoms with E-state index in [-0.39, 0.29) is 10.9 Å². The molecule has 0 spiro atoms. The van der Waals surface area contributed by atoms with Crippen molar-refractivity contribution in [3.8, 4) is 0 Å². The Morgan fingerprint density at radius 3 is 2.44 bits per heavy atom. The monoisotopic (exact) mass is 476 g/mol. The summed E-state index contributed by atoms with van der Waals surface area (Å²) < 4.78 is 28.3. The van der Waals surface area contributed by atoms with E-state index in [1.165, 1.54) is 3.97 Å². The summed E-state index contributed by atoms with van der Waals surface area (Å²) in [6.45, 7) is 9.63. The molecule has 7 heteroatoms. The van der Waals surface area contributed by atoms with Crippen molar-refractivity contribution >= 4 is 38.0 Å². The minimum Gasteiger partial charge on any atom is -0.304 e. The van der Waals surface area contributed by atoms with Crippen molar-refractivity contribution in [1.82, 2.24) is 13.9 Å². The molecule has 4 aromatic rings. The Morgan fingerprint density at radius 1 is 1.00 bits per heavy atom. The zero-order valence-corrected chi connectivity index (χ0v) is 20.9. The molecule has 178 valence electrons. The number of aliphatic imine (C=N–C) groups is 1. The van der Waals surface area contributed by atoms with E-state index >= 15 is 0 Å². The largest absolute Gasteiger partial charge is 0.304 e. The van der Waals surface area contributed by atoms with Gasteiger partial charge in [0, 0.05) is 29.2 Å². The fourth-order valence-corrected chi connectivity index (χ4v) is 5.66. The van der Waals surface area contributed by atoms with E-state index in [1.54, 1.807) is 36.7 Å². The Kier molecular flexibility index (Phi) is 7.44. The molecule has 0 saturated carbocycles. The van der Waals surface area contributed by atoms with Gasteiger partial charge in [-0.25, -0.2) is 17.4 Å². The van der Waals surface area contributed by atoms with Crippen LogP contribution in [0.3, 0.4) is 0 Å². The van der Waals surface area contributed by atoms with Crippen LogP contribution in [-0.4, -0.2) is 54.2 Å². The molecule has 2 heterocycles. The molecule has 0 saturated heterocycles. The van der Waals surface area contributed by atoms with Gasteiger partial charge in [-0.2, -0.15) is 0 Å². The summed E-state index contributed by atoms with van der Waals surface area (Å²) in [4.78, 5) is 12.2. The van der Waals surface area contributed by atoms with Crippen LogP contribution >= 0.6 is 0 Å². The van der Waals surface area contributed by atoms with Crippen molar-refractivity contribution in [2.75, 3.05) is 19.6 Å². The van der Waals surface area contributed by atoms with Crippen LogP contribution in [0.25, 0.3) is 21.8 Å². The summed E-state index contributed by atoms with van der Waals surface area (Å²) in [5, 5.41) is 1.77. The molecule has 1 atom stereocenters. The second-order valence-electron chi connectivity index (χ2n) is 8.50. The standard InChI is InChI=1S/C27H32N4O2S/c1-4-30(5-2)18-11-12-21(3)28-20-26-27-24(23-15-9-10-16-25(23)29-26)17-19-31(27)34(32,33)22-13-7-6-8-14-22/h6-10,13-17,19-21H,4-5,11-12,18H2,1-3H3/b28-20+. The van der Waals surface area contributed by atoms with Gasteiger partial charge in [-0.15, -0.1) is 0 Å². The quantitative estimate of drug-likeness (QED) is 0.289. The van der Waals surface area contributed by atoms with Gasteiger partial charge in [-0.3, -0.25) is 4.99 Å². The molecule has 0 aliphatic carbocycles. The molecular formula is C27H32N4O2S. The first-order valence-electron chi connectivity index (χ1n) is 11.9. The van der Waals surface area contributed by atoms with E-state index < -0.39 is 10.0 Å². The minimum absolute atomic E-state index is 0.119. The Labute approximate surface area is 202 Å². The van der Waals surface area contributed by atoms with Crippen molar-refractivity contribution in [1.29, 1.82) is 0 Å². The highest BCUT2D eigenvalue weighted by atomic mass is 32.2. The van der Waals surface area contributed by atoms with Crippen molar-refractivity contribution < 1.29 is 8.42 Å². The van der Waals surface area contributed by atoms with Crippen LogP contribution < -0.4 is 0 Å². The van der Waals surface area contributed by atoms with Crippen LogP contribution in [-0.2, 0) is 10.0 Å². The van der Waals surface area contributed by atoms with E-state index in [0.29, 0.717) is 11.2 Å². The zero-order valence-electron chi connectivity index (χ0n) is 20.1. The maximum atomic E-state index is 13.5. The SMILES string of the molecule is CCN(CC)CCCC(C)/N=C/c1nc2ccccc2c2ccn(S(=O)(=O)c3ccccc3)c12. The number of hydrogen-bond acceptors (Lipinski definition) is 5. The van der Waals surface area contributed by atoms with Crippen molar-refractivity contribution in [2.45, 2.75) is 44.6 Å². The first-order valence-corrected chi connectivity index (χ1v) is 13.4. The molecule has 4 rings (SSSR count). The van der Waals surface area contributed by atoms with E-state index in [1.807, 2.05) is 36.4 Å². The molecule has 0 aliphatic rings. The fourth-order valence-electron chi connectivity index (χ4n) is 4.28. The zero-order chi connectivity index (χ0) is 24.1. The van der Waals surface area contributed by atoms with Crippen LogP contribution in [0.4, 0.5) is 0 Å². The van der Waals surface area contributed by atoms with Gasteiger partial charge in [0.1, 0.15) is 5.69 Å². The highest BCUT2D eigenvalue weighted by Crippen LogP contribution is 2.29. The van der Waals surface area contributed by atoms with Crippen LogP contribution in [0, 0.1) is 0 Å². The summed E-state index contributed by atoms with van der Waals surface area (Å²) in [6, 6.07) is 18.3. The van der Waals surface area contributed by atoms with E-state index in [0.717, 1.165) is 48.8 Å². The van der Waals surface area contributed by atoms with Gasteiger partial charge in [0.05, 0.1) is 15.9 Å². The molecule has 1 unspecified atom stereocenters. The molecule has 6 nitrogen and oxygen atoms in total. The predicted octanol–water partition coefficient (Wildman–Crippen LogP) is 5.36. The number of nitrogens with zero attached hydrogens (tertiary/aromatic N) is 4. The number of fused-ring (bicyclic) bond motifs is 3. The lowest BCUT2D eigenvalue weighted by Crippen LogP contribution is -2.24. The number of para-hydroxylation sites is 1. The van der Waals surface area contributed by atoms with Crippen molar-refractivity contribution in [3.63, 3.8) is 0 Å². The molecule has 2 aromatic carbocycles. The third kappa shape index (κ3) is 4.91. The Hall–Kier alpha value is -3.03. The highest BCUT2D eigenvalue weighted by molar-refractivity contribution is 7.90. The number of hydrogen-bond donors (Lipinski definition) is 0. The smallest absolute Gasteiger partial charge is 0.268 e. The molecule has 0 aliphatic heterocycles. The average molecular weight is 477 g/mol. The molecule has 34 heavy (non-hydrogen) atoms.